The van der Waals surface area contributed by atoms with Gasteiger partial charge in [-0.15, -0.1) is 0 Å². The summed E-state index contributed by atoms with van der Waals surface area (Å²) in [6, 6.07) is 4.96. The lowest BCUT2D eigenvalue weighted by molar-refractivity contribution is -0.375. The Morgan fingerprint density at radius 2 is 2.19 bits per heavy atom. The molecule has 0 amide bonds. The molecule has 4 heteroatoms. The predicted molar refractivity (Wildman–Crippen MR) is 61.7 cm³/mol. The van der Waals surface area contributed by atoms with Crippen molar-refractivity contribution in [1.82, 2.24) is 0 Å². The van der Waals surface area contributed by atoms with Crippen LogP contribution in [-0.4, -0.2) is 11.2 Å². The molecule has 4 nitrogen and oxygen atoms in total. The average molecular weight is 217 g/mol. The molecule has 0 aliphatic carbocycles. The van der Waals surface area contributed by atoms with E-state index in [4.69, 9.17) is 0 Å². The number of carbonyl (C=O) groups is 1. The summed E-state index contributed by atoms with van der Waals surface area (Å²) in [5, 5.41) is 10.9. The highest BCUT2D eigenvalue weighted by Crippen LogP contribution is 2.22. The number of benzene rings is 1. The summed E-state index contributed by atoms with van der Waals surface area (Å²) in [5.74, 6) is 0. The average Bonchev–Trinajstić information content (AvgIpc) is 2.26. The highest BCUT2D eigenvalue weighted by atomic mass is 16.6. The van der Waals surface area contributed by atoms with Crippen molar-refractivity contribution in [2.24, 2.45) is 0 Å². The van der Waals surface area contributed by atoms with Crippen LogP contribution >= 0.6 is 0 Å². The van der Waals surface area contributed by atoms with Gasteiger partial charge in [-0.2, -0.15) is 0 Å². The highest BCUT2D eigenvalue weighted by molar-refractivity contribution is 5.85. The third kappa shape index (κ3) is 2.23. The molecule has 0 atom stereocenters. The molecule has 0 aliphatic rings. The van der Waals surface area contributed by atoms with E-state index in [1.54, 1.807) is 25.1 Å². The molecular weight excluding hydrogens is 206 g/mol. The molecule has 0 spiro atoms. The maximum Gasteiger partial charge on any atom is 0.277 e. The van der Waals surface area contributed by atoms with Crippen LogP contribution < -0.4 is 0 Å². The van der Waals surface area contributed by atoms with E-state index in [1.165, 1.54) is 12.2 Å². The molecule has 1 rings (SSSR count). The van der Waals surface area contributed by atoms with Crippen molar-refractivity contribution < 1.29 is 9.72 Å². The molecule has 1 aromatic rings. The van der Waals surface area contributed by atoms with E-state index in [9.17, 15) is 14.9 Å². The predicted octanol–water partition coefficient (Wildman–Crippen LogP) is 2.61. The summed E-state index contributed by atoms with van der Waals surface area (Å²) in [6.45, 7) is 5.15. The van der Waals surface area contributed by atoms with Gasteiger partial charge in [-0.05, 0) is 12.5 Å². The van der Waals surface area contributed by atoms with Crippen LogP contribution in [0.15, 0.2) is 36.9 Å². The first-order valence-electron chi connectivity index (χ1n) is 4.64. The molecule has 0 heterocycles. The van der Waals surface area contributed by atoms with Crippen LogP contribution in [-0.2, 0) is 0 Å². The molecule has 0 unspecified atom stereocenters. The van der Waals surface area contributed by atoms with Crippen LogP contribution in [0.3, 0.4) is 0 Å². The summed E-state index contributed by atoms with van der Waals surface area (Å²) in [4.78, 5) is 21.2. The minimum atomic E-state index is -0.517. The number of rotatable bonds is 4. The fourth-order valence-electron chi connectivity index (χ4n) is 1.49. The van der Waals surface area contributed by atoms with Gasteiger partial charge < -0.3 is 0 Å². The summed E-state index contributed by atoms with van der Waals surface area (Å²) >= 11 is 0. The second-order valence-electron chi connectivity index (χ2n) is 3.20. The van der Waals surface area contributed by atoms with Gasteiger partial charge in [-0.3, -0.25) is 14.9 Å². The third-order valence-corrected chi connectivity index (χ3v) is 2.16. The fourth-order valence-corrected chi connectivity index (χ4v) is 1.49. The van der Waals surface area contributed by atoms with Crippen LogP contribution in [0.2, 0.25) is 0 Å². The van der Waals surface area contributed by atoms with Crippen molar-refractivity contribution in [2.45, 2.75) is 6.92 Å². The van der Waals surface area contributed by atoms with Gasteiger partial charge >= 0.3 is 0 Å². The lowest BCUT2D eigenvalue weighted by Crippen LogP contribution is -2.03. The summed E-state index contributed by atoms with van der Waals surface area (Å²) in [5.41, 5.74) is 1.23. The molecule has 0 radical (unpaired) electrons. The summed E-state index contributed by atoms with van der Waals surface area (Å²) in [6.07, 6.45) is 3.23. The largest absolute Gasteiger partial charge is 0.298 e. The molecule has 0 saturated heterocycles. The number of carbonyl (C=O) groups excluding carboxylic acids is 1. The minimum Gasteiger partial charge on any atom is -0.298 e. The van der Waals surface area contributed by atoms with E-state index >= 15 is 0 Å². The molecule has 0 bridgehead atoms. The fraction of sp³-hybridized carbons (Fsp3) is 0.0833. The van der Waals surface area contributed by atoms with Gasteiger partial charge in [-0.25, -0.2) is 0 Å². The van der Waals surface area contributed by atoms with Gasteiger partial charge in [0.05, 0.1) is 10.5 Å². The van der Waals surface area contributed by atoms with Gasteiger partial charge in [0.1, 0.15) is 0 Å². The molecule has 0 aliphatic heterocycles. The number of nitrogens with zero attached hydrogens (tertiary/aromatic N) is 1. The standard InChI is InChI=1S/C12H11NO3/c1-3-5-11(13(15)16)12-9(2)6-4-7-10(12)8-14/h3-8H,1H2,2H3/b11-5+. The molecule has 82 valence electrons. The van der Waals surface area contributed by atoms with Crippen molar-refractivity contribution in [1.29, 1.82) is 0 Å². The molecule has 1 aromatic carbocycles. The van der Waals surface area contributed by atoms with E-state index in [1.807, 2.05) is 0 Å². The maximum absolute atomic E-state index is 10.9. The lowest BCUT2D eigenvalue weighted by atomic mass is 9.99. The maximum atomic E-state index is 10.9. The Bertz CT molecular complexity index is 475. The first-order valence-corrected chi connectivity index (χ1v) is 4.64. The van der Waals surface area contributed by atoms with E-state index < -0.39 is 4.92 Å². The van der Waals surface area contributed by atoms with Crippen LogP contribution in [0.4, 0.5) is 0 Å². The Morgan fingerprint density at radius 1 is 1.50 bits per heavy atom. The van der Waals surface area contributed by atoms with Gasteiger partial charge in [-0.1, -0.05) is 30.9 Å². The Morgan fingerprint density at radius 3 is 2.69 bits per heavy atom. The summed E-state index contributed by atoms with van der Waals surface area (Å²) in [7, 11) is 0. The van der Waals surface area contributed by atoms with E-state index in [-0.39, 0.29) is 5.70 Å². The number of nitro groups is 1. The lowest BCUT2D eigenvalue weighted by Gasteiger charge is -2.05. The van der Waals surface area contributed by atoms with Gasteiger partial charge in [0.25, 0.3) is 5.70 Å². The van der Waals surface area contributed by atoms with Crippen molar-refractivity contribution in [3.05, 3.63) is 63.7 Å². The molecular formula is C12H11NO3. The van der Waals surface area contributed by atoms with Crippen LogP contribution in [0.1, 0.15) is 21.5 Å². The Balaban J connectivity index is 3.51. The minimum absolute atomic E-state index is 0.116. The molecule has 0 fully saturated rings. The molecule has 16 heavy (non-hydrogen) atoms. The van der Waals surface area contributed by atoms with Crippen LogP contribution in [0, 0.1) is 17.0 Å². The zero-order valence-corrected chi connectivity index (χ0v) is 8.84. The number of allylic oxidation sites excluding steroid dienone is 2. The zero-order valence-electron chi connectivity index (χ0n) is 8.84. The SMILES string of the molecule is C=C/C=C(\c1c(C)cccc1C=O)[N+](=O)[O-]. The van der Waals surface area contributed by atoms with Gasteiger partial charge in [0, 0.05) is 11.6 Å². The van der Waals surface area contributed by atoms with Crippen molar-refractivity contribution >= 4 is 12.0 Å². The zero-order chi connectivity index (χ0) is 12.1. The first-order chi connectivity index (χ1) is 7.61. The van der Waals surface area contributed by atoms with Gasteiger partial charge in [0.15, 0.2) is 6.29 Å². The number of hydrogen-bond acceptors (Lipinski definition) is 3. The molecule has 0 N–H and O–H groups in total. The highest BCUT2D eigenvalue weighted by Gasteiger charge is 2.19. The van der Waals surface area contributed by atoms with Crippen LogP contribution in [0.25, 0.3) is 5.70 Å². The summed E-state index contributed by atoms with van der Waals surface area (Å²) < 4.78 is 0. The second kappa shape index (κ2) is 5.02. The molecule has 0 aromatic heterocycles. The van der Waals surface area contributed by atoms with Crippen molar-refractivity contribution in [2.75, 3.05) is 0 Å². The Labute approximate surface area is 93.1 Å². The number of hydrogen-bond donors (Lipinski definition) is 0. The van der Waals surface area contributed by atoms with E-state index in [0.29, 0.717) is 23.0 Å². The number of aryl methyl sites for hydroxylation is 1. The van der Waals surface area contributed by atoms with E-state index in [0.717, 1.165) is 0 Å². The van der Waals surface area contributed by atoms with Crippen molar-refractivity contribution in [3.63, 3.8) is 0 Å². The van der Waals surface area contributed by atoms with Crippen molar-refractivity contribution in [3.8, 4) is 0 Å². The van der Waals surface area contributed by atoms with Gasteiger partial charge in [0.2, 0.25) is 0 Å². The number of aldehydes is 1. The normalized spacial score (nSPS) is 10.9. The smallest absolute Gasteiger partial charge is 0.277 e. The quantitative estimate of drug-likeness (QED) is 0.337. The third-order valence-electron chi connectivity index (χ3n) is 2.16. The topological polar surface area (TPSA) is 60.2 Å². The molecule has 0 saturated carbocycles. The Kier molecular flexibility index (Phi) is 3.72. The second-order valence-corrected chi connectivity index (χ2v) is 3.20. The first kappa shape index (κ1) is 11.8. The van der Waals surface area contributed by atoms with Crippen LogP contribution in [0.5, 0.6) is 0 Å². The Hall–Kier alpha value is -2.23. The van der Waals surface area contributed by atoms with E-state index in [2.05, 4.69) is 6.58 Å². The monoisotopic (exact) mass is 217 g/mol.